The van der Waals surface area contributed by atoms with Crippen LogP contribution in [0.5, 0.6) is 0 Å². The molecule has 2 aromatic rings. The molecule has 28 heavy (non-hydrogen) atoms. The van der Waals surface area contributed by atoms with E-state index in [-0.39, 0.29) is 17.5 Å². The van der Waals surface area contributed by atoms with Gasteiger partial charge in [0.05, 0.1) is 11.5 Å². The molecule has 1 heterocycles. The molecule has 0 unspecified atom stereocenters. The maximum Gasteiger partial charge on any atom is 0.305 e. The number of esters is 1. The van der Waals surface area contributed by atoms with Crippen molar-refractivity contribution in [1.29, 1.82) is 0 Å². The third-order valence-corrected chi connectivity index (χ3v) is 6.24. The summed E-state index contributed by atoms with van der Waals surface area (Å²) in [7, 11) is 0. The average molecular weight is 399 g/mol. The molecule has 4 nitrogen and oxygen atoms in total. The van der Waals surface area contributed by atoms with Crippen LogP contribution in [0.25, 0.3) is 0 Å². The SMILES string of the molecule is CCCCOC(=O)CCCCC(=O)c1cc2c(s1)CCc1ccccc1C2=O. The van der Waals surface area contributed by atoms with E-state index in [4.69, 9.17) is 4.74 Å². The zero-order valence-electron chi connectivity index (χ0n) is 16.3. The average Bonchev–Trinajstić information content (AvgIpc) is 3.08. The molecular formula is C23H26O4S. The van der Waals surface area contributed by atoms with E-state index in [0.717, 1.165) is 41.7 Å². The van der Waals surface area contributed by atoms with Gasteiger partial charge in [-0.2, -0.15) is 0 Å². The molecule has 5 heteroatoms. The molecule has 1 aliphatic rings. The fourth-order valence-electron chi connectivity index (χ4n) is 3.38. The van der Waals surface area contributed by atoms with E-state index in [1.165, 1.54) is 11.3 Å². The van der Waals surface area contributed by atoms with E-state index in [2.05, 4.69) is 6.92 Å². The molecule has 1 aromatic carbocycles. The summed E-state index contributed by atoms with van der Waals surface area (Å²) in [6.07, 6.45) is 5.55. The van der Waals surface area contributed by atoms with Crippen molar-refractivity contribution in [1.82, 2.24) is 0 Å². The van der Waals surface area contributed by atoms with Crippen molar-refractivity contribution in [3.05, 3.63) is 56.8 Å². The number of carbonyl (C=O) groups is 3. The lowest BCUT2D eigenvalue weighted by Crippen LogP contribution is -2.06. The molecule has 0 atom stereocenters. The highest BCUT2D eigenvalue weighted by Gasteiger charge is 2.24. The van der Waals surface area contributed by atoms with Crippen LogP contribution in [-0.4, -0.2) is 24.1 Å². The minimum atomic E-state index is -0.187. The van der Waals surface area contributed by atoms with Gasteiger partial charge in [-0.15, -0.1) is 11.3 Å². The van der Waals surface area contributed by atoms with Gasteiger partial charge in [0.2, 0.25) is 0 Å². The van der Waals surface area contributed by atoms with Crippen LogP contribution in [0.15, 0.2) is 30.3 Å². The number of aryl methyl sites for hydroxylation is 2. The summed E-state index contributed by atoms with van der Waals surface area (Å²) in [6.45, 7) is 2.53. The molecule has 0 amide bonds. The van der Waals surface area contributed by atoms with E-state index >= 15 is 0 Å². The van der Waals surface area contributed by atoms with Gasteiger partial charge in [0.15, 0.2) is 11.6 Å². The molecule has 0 spiro atoms. The van der Waals surface area contributed by atoms with Gasteiger partial charge in [-0.25, -0.2) is 0 Å². The quantitative estimate of drug-likeness (QED) is 0.332. The third kappa shape index (κ3) is 4.96. The summed E-state index contributed by atoms with van der Waals surface area (Å²) in [4.78, 5) is 38.6. The summed E-state index contributed by atoms with van der Waals surface area (Å²) in [5, 5.41) is 0. The Balaban J connectivity index is 1.54. The van der Waals surface area contributed by atoms with Crippen LogP contribution in [0.1, 0.15) is 81.5 Å². The fourth-order valence-corrected chi connectivity index (χ4v) is 4.50. The van der Waals surface area contributed by atoms with E-state index in [1.807, 2.05) is 24.3 Å². The van der Waals surface area contributed by atoms with Gasteiger partial charge < -0.3 is 4.74 Å². The van der Waals surface area contributed by atoms with Gasteiger partial charge >= 0.3 is 5.97 Å². The van der Waals surface area contributed by atoms with E-state index in [1.54, 1.807) is 6.07 Å². The third-order valence-electron chi connectivity index (χ3n) is 5.01. The summed E-state index contributed by atoms with van der Waals surface area (Å²) >= 11 is 1.45. The maximum atomic E-state index is 12.9. The topological polar surface area (TPSA) is 60.4 Å². The number of Topliss-reactive ketones (excluding diaryl/α,β-unsaturated/α-hetero) is 1. The zero-order valence-corrected chi connectivity index (χ0v) is 17.1. The van der Waals surface area contributed by atoms with Gasteiger partial charge in [-0.05, 0) is 43.7 Å². The first-order valence-electron chi connectivity index (χ1n) is 10.0. The molecule has 1 aromatic heterocycles. The summed E-state index contributed by atoms with van der Waals surface area (Å²) in [5.74, 6) is -0.111. The smallest absolute Gasteiger partial charge is 0.305 e. The molecule has 0 N–H and O–H groups in total. The van der Waals surface area contributed by atoms with Crippen LogP contribution in [-0.2, 0) is 22.4 Å². The Bertz CT molecular complexity index is 865. The number of carbonyl (C=O) groups excluding carboxylic acids is 3. The molecule has 0 saturated carbocycles. The van der Waals surface area contributed by atoms with E-state index in [9.17, 15) is 14.4 Å². The first kappa shape index (κ1) is 20.5. The molecule has 0 fully saturated rings. The number of benzene rings is 1. The number of hydrogen-bond acceptors (Lipinski definition) is 5. The second-order valence-electron chi connectivity index (χ2n) is 7.14. The van der Waals surface area contributed by atoms with Gasteiger partial charge in [0.1, 0.15) is 0 Å². The van der Waals surface area contributed by atoms with Crippen molar-refractivity contribution < 1.29 is 19.1 Å². The molecule has 0 saturated heterocycles. The Morgan fingerprint density at radius 2 is 1.82 bits per heavy atom. The van der Waals surface area contributed by atoms with Crippen molar-refractivity contribution in [2.75, 3.05) is 6.61 Å². The van der Waals surface area contributed by atoms with Crippen molar-refractivity contribution in [3.8, 4) is 0 Å². The van der Waals surface area contributed by atoms with Gasteiger partial charge in [-0.1, -0.05) is 37.6 Å². The fraction of sp³-hybridized carbons (Fsp3) is 0.435. The molecule has 0 bridgehead atoms. The van der Waals surface area contributed by atoms with Gasteiger partial charge in [0.25, 0.3) is 0 Å². The van der Waals surface area contributed by atoms with Crippen LogP contribution < -0.4 is 0 Å². The number of thiophene rings is 1. The molecule has 0 radical (unpaired) electrons. The van der Waals surface area contributed by atoms with Crippen molar-refractivity contribution in [2.45, 2.75) is 58.3 Å². The number of unbranched alkanes of at least 4 members (excludes halogenated alkanes) is 2. The van der Waals surface area contributed by atoms with Crippen molar-refractivity contribution >= 4 is 28.9 Å². The molecular weight excluding hydrogens is 372 g/mol. The van der Waals surface area contributed by atoms with Gasteiger partial charge in [0, 0.05) is 28.8 Å². The molecule has 0 aliphatic heterocycles. The minimum absolute atomic E-state index is 0.0215. The predicted octanol–water partition coefficient (Wildman–Crippen LogP) is 5.16. The van der Waals surface area contributed by atoms with Crippen molar-refractivity contribution in [2.24, 2.45) is 0 Å². The minimum Gasteiger partial charge on any atom is -0.466 e. The van der Waals surface area contributed by atoms with Gasteiger partial charge in [-0.3, -0.25) is 14.4 Å². The summed E-state index contributed by atoms with van der Waals surface area (Å²) in [5.41, 5.74) is 2.51. The monoisotopic (exact) mass is 398 g/mol. The molecule has 1 aliphatic carbocycles. The largest absolute Gasteiger partial charge is 0.466 e. The Morgan fingerprint density at radius 3 is 2.64 bits per heavy atom. The zero-order chi connectivity index (χ0) is 19.9. The summed E-state index contributed by atoms with van der Waals surface area (Å²) < 4.78 is 5.12. The Hall–Kier alpha value is -2.27. The standard InChI is InChI=1S/C23H26O4S/c1-2-3-14-27-22(25)11-7-6-10-19(24)21-15-18-20(28-21)13-12-16-8-4-5-9-17(16)23(18)26/h4-5,8-9,15H,2-3,6-7,10-14H2,1H3. The highest BCUT2D eigenvalue weighted by atomic mass is 32.1. The van der Waals surface area contributed by atoms with E-state index in [0.29, 0.717) is 42.7 Å². The normalized spacial score (nSPS) is 12.8. The Kier molecular flexibility index (Phi) is 7.15. The van der Waals surface area contributed by atoms with E-state index < -0.39 is 0 Å². The number of ketones is 2. The Morgan fingerprint density at radius 1 is 1.04 bits per heavy atom. The van der Waals surface area contributed by atoms with Crippen LogP contribution in [0.3, 0.4) is 0 Å². The van der Waals surface area contributed by atoms with Crippen molar-refractivity contribution in [3.63, 3.8) is 0 Å². The lowest BCUT2D eigenvalue weighted by molar-refractivity contribution is -0.143. The van der Waals surface area contributed by atoms with Crippen LogP contribution in [0.2, 0.25) is 0 Å². The Labute approximate surface area is 169 Å². The number of rotatable bonds is 9. The number of hydrogen-bond donors (Lipinski definition) is 0. The first-order valence-corrected chi connectivity index (χ1v) is 10.9. The second-order valence-corrected chi connectivity index (χ2v) is 8.27. The summed E-state index contributed by atoms with van der Waals surface area (Å²) in [6, 6.07) is 9.48. The first-order chi connectivity index (χ1) is 13.6. The highest BCUT2D eigenvalue weighted by Crippen LogP contribution is 2.31. The number of fused-ring (bicyclic) bond motifs is 2. The van der Waals surface area contributed by atoms with Crippen LogP contribution in [0, 0.1) is 0 Å². The highest BCUT2D eigenvalue weighted by molar-refractivity contribution is 7.14. The van der Waals surface area contributed by atoms with Crippen LogP contribution >= 0.6 is 11.3 Å². The molecule has 148 valence electrons. The lowest BCUT2D eigenvalue weighted by atomic mass is 10.0. The maximum absolute atomic E-state index is 12.9. The lowest BCUT2D eigenvalue weighted by Gasteiger charge is -2.04. The second kappa shape index (κ2) is 9.78. The predicted molar refractivity (Wildman–Crippen MR) is 110 cm³/mol. The number of ether oxygens (including phenoxy) is 1. The van der Waals surface area contributed by atoms with Crippen LogP contribution in [0.4, 0.5) is 0 Å². The molecule has 3 rings (SSSR count).